The van der Waals surface area contributed by atoms with Crippen molar-refractivity contribution < 1.29 is 4.42 Å². The zero-order valence-electron chi connectivity index (χ0n) is 33.0. The Morgan fingerprint density at radius 2 is 1.53 bits per heavy atom. The highest BCUT2D eigenvalue weighted by molar-refractivity contribution is 6.06. The van der Waals surface area contributed by atoms with E-state index in [0.29, 0.717) is 11.5 Å². The van der Waals surface area contributed by atoms with Gasteiger partial charge in [-0.3, -0.25) is 0 Å². The highest BCUT2D eigenvalue weighted by Gasteiger charge is 2.47. The largest absolute Gasteiger partial charge is 0.452 e. The van der Waals surface area contributed by atoms with Crippen molar-refractivity contribution in [1.29, 1.82) is 0 Å². The van der Waals surface area contributed by atoms with E-state index in [-0.39, 0.29) is 16.9 Å². The number of nitrogens with zero attached hydrogens (tertiary/aromatic N) is 4. The van der Waals surface area contributed by atoms with E-state index < -0.39 is 0 Å². The van der Waals surface area contributed by atoms with Crippen molar-refractivity contribution >= 4 is 50.4 Å². The summed E-state index contributed by atoms with van der Waals surface area (Å²) < 4.78 is 8.79. The highest BCUT2D eigenvalue weighted by Crippen LogP contribution is 2.55. The minimum Gasteiger partial charge on any atom is -0.452 e. The molecular formula is C52H44N4O. The molecule has 5 heteroatoms. The molecule has 1 aliphatic heterocycles. The molecule has 0 saturated heterocycles. The maximum atomic E-state index is 6.28. The molecule has 11 rings (SSSR count). The second-order valence-electron chi connectivity index (χ2n) is 17.3. The van der Waals surface area contributed by atoms with Crippen LogP contribution in [0.4, 0.5) is 11.4 Å². The van der Waals surface area contributed by atoms with Crippen LogP contribution in [-0.2, 0) is 5.41 Å². The van der Waals surface area contributed by atoms with Gasteiger partial charge in [0.1, 0.15) is 23.1 Å². The summed E-state index contributed by atoms with van der Waals surface area (Å²) in [5.74, 6) is 0.630. The molecule has 57 heavy (non-hydrogen) atoms. The number of rotatable bonds is 4. The van der Waals surface area contributed by atoms with Crippen molar-refractivity contribution in [2.45, 2.75) is 63.8 Å². The fourth-order valence-corrected chi connectivity index (χ4v) is 9.78. The fraction of sp³-hybridized carbons (Fsp3) is 0.192. The molecule has 0 radical (unpaired) electrons. The van der Waals surface area contributed by atoms with E-state index in [2.05, 4.69) is 175 Å². The summed E-state index contributed by atoms with van der Waals surface area (Å²) in [6.45, 7) is 11.6. The Kier molecular flexibility index (Phi) is 7.28. The molecule has 3 unspecified atom stereocenters. The number of allylic oxidation sites excluding steroid dienone is 3. The van der Waals surface area contributed by atoms with Crippen LogP contribution in [0.2, 0.25) is 0 Å². The first-order valence-corrected chi connectivity index (χ1v) is 20.2. The normalized spacial score (nSPS) is 19.8. The maximum Gasteiger partial charge on any atom is 0.180 e. The monoisotopic (exact) mass is 740 g/mol. The average Bonchev–Trinajstić information content (AvgIpc) is 3.86. The van der Waals surface area contributed by atoms with Crippen LogP contribution >= 0.6 is 0 Å². The zero-order valence-corrected chi connectivity index (χ0v) is 33.0. The number of fused-ring (bicyclic) bond motifs is 9. The van der Waals surface area contributed by atoms with E-state index in [4.69, 9.17) is 4.42 Å². The smallest absolute Gasteiger partial charge is 0.180 e. The second-order valence-corrected chi connectivity index (χ2v) is 17.3. The third kappa shape index (κ3) is 5.07. The molecule has 3 aromatic heterocycles. The van der Waals surface area contributed by atoms with E-state index in [0.717, 1.165) is 39.9 Å². The molecule has 4 heterocycles. The molecule has 0 amide bonds. The van der Waals surface area contributed by atoms with Crippen LogP contribution in [0, 0.1) is 0 Å². The van der Waals surface area contributed by atoms with E-state index in [1.54, 1.807) is 6.33 Å². The first-order chi connectivity index (χ1) is 27.7. The Balaban J connectivity index is 0.986. The van der Waals surface area contributed by atoms with E-state index >= 15 is 0 Å². The van der Waals surface area contributed by atoms with Crippen molar-refractivity contribution in [3.8, 4) is 28.1 Å². The lowest BCUT2D eigenvalue weighted by Gasteiger charge is -2.39. The summed E-state index contributed by atoms with van der Waals surface area (Å²) in [5.41, 5.74) is 16.8. The number of para-hydroxylation sites is 1. The molecule has 5 nitrogen and oxygen atoms in total. The standard InChI is InChI=1S/C52H44N4O/c1-32-11-10-13-39-41-29-34(18-26-44(41)55(49(32)39)37-24-20-36(21-25-37)51(2,3)4)35-19-27-45-42(30-35)43-14-8-9-28-52(43,5)56(45)38-22-16-33(17-23-38)47-50-48(54-31-53-47)40-12-6-7-15-46(40)57-50/h6-10,12-32,43H,11H2,1-5H3. The molecule has 0 N–H and O–H groups in total. The van der Waals surface area contributed by atoms with Gasteiger partial charge in [-0.05, 0) is 102 Å². The second kappa shape index (κ2) is 12.3. The molecule has 0 spiro atoms. The Morgan fingerprint density at radius 3 is 2.35 bits per heavy atom. The lowest BCUT2D eigenvalue weighted by molar-refractivity contribution is 0.542. The van der Waals surface area contributed by atoms with Crippen LogP contribution in [0.25, 0.3) is 67.1 Å². The molecule has 3 atom stereocenters. The number of hydrogen-bond donors (Lipinski definition) is 0. The quantitative estimate of drug-likeness (QED) is 0.180. The minimum atomic E-state index is -0.262. The van der Waals surface area contributed by atoms with Gasteiger partial charge in [-0.1, -0.05) is 113 Å². The van der Waals surface area contributed by atoms with Gasteiger partial charge in [0, 0.05) is 56.5 Å². The van der Waals surface area contributed by atoms with Crippen molar-refractivity contribution in [3.05, 3.63) is 168 Å². The molecular weight excluding hydrogens is 697 g/mol. The van der Waals surface area contributed by atoms with Crippen molar-refractivity contribution in [3.63, 3.8) is 0 Å². The summed E-state index contributed by atoms with van der Waals surface area (Å²) in [7, 11) is 0. The zero-order chi connectivity index (χ0) is 38.6. The Hall–Kier alpha value is -6.46. The molecule has 5 aromatic carbocycles. The first-order valence-electron chi connectivity index (χ1n) is 20.2. The van der Waals surface area contributed by atoms with Gasteiger partial charge in [0.05, 0.1) is 11.1 Å². The Labute approximate surface area is 333 Å². The molecule has 278 valence electrons. The molecule has 8 aromatic rings. The summed E-state index contributed by atoms with van der Waals surface area (Å²) in [6, 6.07) is 40.1. The number of aromatic nitrogens is 3. The van der Waals surface area contributed by atoms with E-state index in [1.807, 2.05) is 24.3 Å². The molecule has 2 aliphatic carbocycles. The third-order valence-corrected chi connectivity index (χ3v) is 12.7. The summed E-state index contributed by atoms with van der Waals surface area (Å²) in [6.07, 6.45) is 16.5. The van der Waals surface area contributed by atoms with Gasteiger partial charge < -0.3 is 13.9 Å². The molecule has 0 saturated carbocycles. The number of anilines is 2. The summed E-state index contributed by atoms with van der Waals surface area (Å²) in [5, 5.41) is 2.31. The lowest BCUT2D eigenvalue weighted by atomic mass is 9.80. The van der Waals surface area contributed by atoms with Gasteiger partial charge in [0.2, 0.25) is 0 Å². The van der Waals surface area contributed by atoms with Gasteiger partial charge in [-0.2, -0.15) is 0 Å². The maximum absolute atomic E-state index is 6.28. The minimum absolute atomic E-state index is 0.114. The number of hydrogen-bond acceptors (Lipinski definition) is 4. The first kappa shape index (κ1) is 33.8. The van der Waals surface area contributed by atoms with Crippen LogP contribution in [0.1, 0.15) is 75.3 Å². The third-order valence-electron chi connectivity index (χ3n) is 12.7. The van der Waals surface area contributed by atoms with Gasteiger partial charge in [-0.25, -0.2) is 9.97 Å². The van der Waals surface area contributed by atoms with Crippen molar-refractivity contribution in [1.82, 2.24) is 14.5 Å². The molecule has 0 bridgehead atoms. The number of benzene rings is 5. The lowest BCUT2D eigenvalue weighted by Crippen LogP contribution is -2.41. The fourth-order valence-electron chi connectivity index (χ4n) is 9.78. The Morgan fingerprint density at radius 1 is 0.772 bits per heavy atom. The van der Waals surface area contributed by atoms with Crippen LogP contribution in [0.3, 0.4) is 0 Å². The topological polar surface area (TPSA) is 47.1 Å². The van der Waals surface area contributed by atoms with Crippen LogP contribution in [0.15, 0.2) is 150 Å². The summed E-state index contributed by atoms with van der Waals surface area (Å²) >= 11 is 0. The summed E-state index contributed by atoms with van der Waals surface area (Å²) in [4.78, 5) is 11.8. The van der Waals surface area contributed by atoms with Crippen LogP contribution < -0.4 is 4.90 Å². The Bertz CT molecular complexity index is 3010. The van der Waals surface area contributed by atoms with E-state index in [1.165, 1.54) is 55.8 Å². The SMILES string of the molecule is CC1CC=Cc2c1n(-c1ccc(C(C)(C)C)cc1)c1ccc(-c3ccc4c(c3)C3C=CC=CC3(C)N4c3ccc(-c4ncnc5c4oc4ccccc45)cc3)cc21. The van der Waals surface area contributed by atoms with Gasteiger partial charge in [0.15, 0.2) is 5.58 Å². The molecule has 0 fully saturated rings. The van der Waals surface area contributed by atoms with Crippen LogP contribution in [-0.4, -0.2) is 20.1 Å². The number of furan rings is 1. The predicted octanol–water partition coefficient (Wildman–Crippen LogP) is 13.6. The van der Waals surface area contributed by atoms with Crippen LogP contribution in [0.5, 0.6) is 0 Å². The van der Waals surface area contributed by atoms with Gasteiger partial charge in [0.25, 0.3) is 0 Å². The van der Waals surface area contributed by atoms with Crippen molar-refractivity contribution in [2.24, 2.45) is 0 Å². The molecule has 3 aliphatic rings. The van der Waals surface area contributed by atoms with Crippen molar-refractivity contribution in [2.75, 3.05) is 4.90 Å². The predicted molar refractivity (Wildman–Crippen MR) is 236 cm³/mol. The highest BCUT2D eigenvalue weighted by atomic mass is 16.3. The van der Waals surface area contributed by atoms with Gasteiger partial charge >= 0.3 is 0 Å². The van der Waals surface area contributed by atoms with Gasteiger partial charge in [-0.15, -0.1) is 0 Å². The average molecular weight is 741 g/mol. The van der Waals surface area contributed by atoms with E-state index in [9.17, 15) is 0 Å².